The third kappa shape index (κ3) is 24.4. The van der Waals surface area contributed by atoms with Crippen molar-refractivity contribution < 1.29 is 4.12 Å². The summed E-state index contributed by atoms with van der Waals surface area (Å²) >= 11 is 0. The standard InChI is InChI=1S/C88H150OSi2/c1-73(2,3)53-81(25,26)61-41-62(82(27,28)54-74(4,5)6)46-69(45-61)90(70-47-63(83(29,30)55-75(7,8)9)42-64(48-70)84(31,32)56-76(10,11)12)89-91(71-49-65(85(33,34)57-77(13,14)15)43-66(50-71)86(35,36)58-78(16,17)18)72-51-67(87(37,38)59-79(19,20)21)44-68(52-72)88(39,40)60-80(22,23)24/h41-52,90-91H,53-60H2,1-40H3. The third-order valence-electron chi connectivity index (χ3n) is 19.3. The van der Waals surface area contributed by atoms with Gasteiger partial charge < -0.3 is 4.12 Å². The molecule has 0 amide bonds. The molecule has 0 heterocycles. The molecule has 1 nitrogen and oxygen atoms in total. The first-order valence-electron chi connectivity index (χ1n) is 36.2. The summed E-state index contributed by atoms with van der Waals surface area (Å²) in [6.45, 7) is 99.1. The Hall–Kier alpha value is -2.73. The zero-order chi connectivity index (χ0) is 70.9. The average molecular weight is 1280 g/mol. The Balaban J connectivity index is 2.60. The third-order valence-corrected chi connectivity index (χ3v) is 25.3. The van der Waals surface area contributed by atoms with Crippen molar-refractivity contribution in [3.8, 4) is 0 Å². The predicted octanol–water partition coefficient (Wildman–Crippen LogP) is 23.8. The van der Waals surface area contributed by atoms with Crippen molar-refractivity contribution in [1.29, 1.82) is 0 Å². The molecule has 91 heavy (non-hydrogen) atoms. The van der Waals surface area contributed by atoms with Crippen LogP contribution in [0.4, 0.5) is 0 Å². The molecule has 0 aliphatic heterocycles. The maximum Gasteiger partial charge on any atom is 0.228 e. The van der Waals surface area contributed by atoms with Crippen molar-refractivity contribution in [3.63, 3.8) is 0 Å². The summed E-state index contributed by atoms with van der Waals surface area (Å²) in [6.07, 6.45) is 8.58. The van der Waals surface area contributed by atoms with E-state index in [4.69, 9.17) is 0 Å². The molecule has 3 heteroatoms. The maximum atomic E-state index is 9.22. The van der Waals surface area contributed by atoms with Crippen LogP contribution in [0.3, 0.4) is 0 Å². The molecule has 0 aliphatic carbocycles. The highest BCUT2D eigenvalue weighted by Gasteiger charge is 2.42. The molecular formula is C88H150OSi2. The van der Waals surface area contributed by atoms with E-state index in [0.717, 1.165) is 51.4 Å². The molecule has 0 spiro atoms. The van der Waals surface area contributed by atoms with Crippen molar-refractivity contribution in [1.82, 2.24) is 0 Å². The van der Waals surface area contributed by atoms with Crippen LogP contribution in [-0.2, 0) is 47.4 Å². The van der Waals surface area contributed by atoms with Crippen molar-refractivity contribution in [3.05, 3.63) is 117 Å². The molecule has 4 aromatic rings. The van der Waals surface area contributed by atoms with Gasteiger partial charge in [-0.05, 0) is 203 Å². The van der Waals surface area contributed by atoms with E-state index in [9.17, 15) is 4.12 Å². The summed E-state index contributed by atoms with van der Waals surface area (Å²) < 4.78 is 9.22. The molecule has 4 rings (SSSR count). The normalized spacial score (nSPS) is 15.0. The summed E-state index contributed by atoms with van der Waals surface area (Å²) in [6, 6.07) is 32.3. The summed E-state index contributed by atoms with van der Waals surface area (Å²) in [5.41, 5.74) is 11.8. The Morgan fingerprint density at radius 2 is 0.275 bits per heavy atom. The molecule has 0 N–H and O–H groups in total. The Morgan fingerprint density at radius 1 is 0.176 bits per heavy atom. The van der Waals surface area contributed by atoms with E-state index < -0.39 is 18.1 Å². The number of hydrogen-bond acceptors (Lipinski definition) is 1. The topological polar surface area (TPSA) is 9.23 Å². The van der Waals surface area contributed by atoms with Crippen molar-refractivity contribution in [2.24, 2.45) is 43.3 Å². The van der Waals surface area contributed by atoms with Crippen molar-refractivity contribution >= 4 is 38.8 Å². The summed E-state index contributed by atoms with van der Waals surface area (Å²) in [5, 5.41) is 5.70. The predicted molar refractivity (Wildman–Crippen MR) is 416 cm³/mol. The van der Waals surface area contributed by atoms with Gasteiger partial charge in [-0.3, -0.25) is 0 Å². The van der Waals surface area contributed by atoms with Crippen LogP contribution in [0.1, 0.15) is 373 Å². The van der Waals surface area contributed by atoms with E-state index >= 15 is 0 Å². The average Bonchev–Trinajstić information content (AvgIpc) is 0.764. The molecule has 0 fully saturated rings. The van der Waals surface area contributed by atoms with Crippen LogP contribution in [0.5, 0.6) is 0 Å². The van der Waals surface area contributed by atoms with Crippen LogP contribution in [-0.4, -0.2) is 18.1 Å². The second kappa shape index (κ2) is 26.6. The number of hydrogen-bond donors (Lipinski definition) is 0. The van der Waals surface area contributed by atoms with Crippen LogP contribution in [0.15, 0.2) is 72.8 Å². The molecule has 4 aromatic carbocycles. The maximum absolute atomic E-state index is 9.22. The number of rotatable bonds is 22. The van der Waals surface area contributed by atoms with Gasteiger partial charge in [0.1, 0.15) is 0 Å². The van der Waals surface area contributed by atoms with E-state index in [1.807, 2.05) is 0 Å². The Morgan fingerprint density at radius 3 is 0.363 bits per heavy atom. The van der Waals surface area contributed by atoms with Gasteiger partial charge in [-0.2, -0.15) is 0 Å². The zero-order valence-corrected chi connectivity index (χ0v) is 70.5. The fourth-order valence-electron chi connectivity index (χ4n) is 18.6. The monoisotopic (exact) mass is 1280 g/mol. The number of benzene rings is 4. The first-order valence-corrected chi connectivity index (χ1v) is 39.5. The fourth-order valence-corrected chi connectivity index (χ4v) is 25.6. The van der Waals surface area contributed by atoms with Crippen molar-refractivity contribution in [2.75, 3.05) is 0 Å². The van der Waals surface area contributed by atoms with Gasteiger partial charge >= 0.3 is 0 Å². The highest BCUT2D eigenvalue weighted by molar-refractivity contribution is 6.92. The van der Waals surface area contributed by atoms with Gasteiger partial charge in [-0.15, -0.1) is 0 Å². The first kappa shape index (κ1) is 80.7. The lowest BCUT2D eigenvalue weighted by Crippen LogP contribution is -2.57. The molecule has 0 atom stereocenters. The molecule has 0 saturated carbocycles. The van der Waals surface area contributed by atoms with Gasteiger partial charge in [0.2, 0.25) is 18.1 Å². The van der Waals surface area contributed by atoms with Crippen LogP contribution in [0.2, 0.25) is 0 Å². The summed E-state index contributed by atoms with van der Waals surface area (Å²) in [4.78, 5) is 0. The Labute approximate surface area is 571 Å². The highest BCUT2D eigenvalue weighted by Crippen LogP contribution is 2.46. The molecule has 516 valence electrons. The second-order valence-electron chi connectivity index (χ2n) is 45.2. The Bertz CT molecular complexity index is 2480. The SMILES string of the molecule is CC(C)(C)CC(C)(C)c1cc([SiH](O[SiH](c2cc(C(C)(C)CC(C)(C)C)cc(C(C)(C)CC(C)(C)C)c2)c2cc(C(C)(C)CC(C)(C)C)cc(C(C)(C)CC(C)(C)C)c2)c2cc(C(C)(C)CC(C)(C)C)cc(C(C)(C)CC(C)(C)C)c2)cc(C(C)(C)CC(C)(C)C)c1. The zero-order valence-electron chi connectivity index (χ0n) is 68.1. The first-order chi connectivity index (χ1) is 39.9. The largest absolute Gasteiger partial charge is 0.446 e. The van der Waals surface area contributed by atoms with E-state index in [1.54, 1.807) is 0 Å². The van der Waals surface area contributed by atoms with Crippen molar-refractivity contribution in [2.45, 2.75) is 372 Å². The van der Waals surface area contributed by atoms with Gasteiger partial charge in [0.05, 0.1) is 0 Å². The smallest absolute Gasteiger partial charge is 0.228 e. The quantitative estimate of drug-likeness (QED) is 0.0713. The minimum Gasteiger partial charge on any atom is -0.446 e. The molecule has 0 aliphatic rings. The summed E-state index contributed by atoms with van der Waals surface area (Å²) in [7, 11) is -5.53. The fraction of sp³-hybridized carbons (Fsp3) is 0.727. The molecule has 0 bridgehead atoms. The van der Waals surface area contributed by atoms with Crippen LogP contribution < -0.4 is 20.7 Å². The van der Waals surface area contributed by atoms with E-state index in [2.05, 4.69) is 350 Å². The minimum atomic E-state index is -2.77. The second-order valence-corrected chi connectivity index (χ2v) is 50.5. The van der Waals surface area contributed by atoms with Gasteiger partial charge in [-0.1, -0.05) is 350 Å². The lowest BCUT2D eigenvalue weighted by atomic mass is 9.69. The van der Waals surface area contributed by atoms with Gasteiger partial charge in [-0.25, -0.2) is 0 Å². The Kier molecular flexibility index (Phi) is 23.6. The van der Waals surface area contributed by atoms with Crippen LogP contribution >= 0.6 is 0 Å². The van der Waals surface area contributed by atoms with E-state index in [0.29, 0.717) is 0 Å². The highest BCUT2D eigenvalue weighted by atomic mass is 28.4. The minimum absolute atomic E-state index is 0.103. The lowest BCUT2D eigenvalue weighted by Gasteiger charge is -2.39. The van der Waals surface area contributed by atoms with Gasteiger partial charge in [0.15, 0.2) is 0 Å². The molecule has 0 aromatic heterocycles. The van der Waals surface area contributed by atoms with E-state index in [-0.39, 0.29) is 86.6 Å². The molecule has 0 radical (unpaired) electrons. The van der Waals surface area contributed by atoms with Crippen LogP contribution in [0.25, 0.3) is 0 Å². The molecule has 0 unspecified atom stereocenters. The molecular weight excluding hydrogens is 1130 g/mol. The summed E-state index contributed by atoms with van der Waals surface area (Å²) in [5.74, 6) is 0. The lowest BCUT2D eigenvalue weighted by molar-refractivity contribution is 0.278. The van der Waals surface area contributed by atoms with Gasteiger partial charge in [0, 0.05) is 0 Å². The van der Waals surface area contributed by atoms with E-state index in [1.165, 1.54) is 65.3 Å². The molecule has 0 saturated heterocycles. The van der Waals surface area contributed by atoms with Crippen LogP contribution in [0, 0.1) is 43.3 Å². The van der Waals surface area contributed by atoms with Gasteiger partial charge in [0.25, 0.3) is 0 Å².